The van der Waals surface area contributed by atoms with Crippen LogP contribution in [0, 0.1) is 5.41 Å². The fourth-order valence-corrected chi connectivity index (χ4v) is 1.83. The van der Waals surface area contributed by atoms with Crippen molar-refractivity contribution in [2.45, 2.75) is 25.4 Å². The van der Waals surface area contributed by atoms with Crippen molar-refractivity contribution in [1.29, 1.82) is 5.41 Å². The standard InChI is InChI=1S/C12H15NO2/c13-10(12-6-3-7-15-12)8-9-4-1-2-5-11(9)14/h1-2,4-5,12-14H,3,6-8H2/t12-/m0/s1. The molecule has 0 radical (unpaired) electrons. The number of phenols is 1. The molecule has 1 aliphatic rings. The molecule has 0 spiro atoms. The van der Waals surface area contributed by atoms with Crippen molar-refractivity contribution in [3.05, 3.63) is 29.8 Å². The number of nitrogens with one attached hydrogen (secondary N) is 1. The summed E-state index contributed by atoms with van der Waals surface area (Å²) in [5.74, 6) is 0.264. The summed E-state index contributed by atoms with van der Waals surface area (Å²) < 4.78 is 5.42. The summed E-state index contributed by atoms with van der Waals surface area (Å²) in [4.78, 5) is 0. The largest absolute Gasteiger partial charge is 0.508 e. The first kappa shape index (κ1) is 10.2. The number of rotatable bonds is 3. The summed E-state index contributed by atoms with van der Waals surface area (Å²) in [6, 6.07) is 7.16. The Bertz CT molecular complexity index is 356. The topological polar surface area (TPSA) is 53.3 Å². The third kappa shape index (κ3) is 2.36. The molecule has 1 aliphatic heterocycles. The highest BCUT2D eigenvalue weighted by Gasteiger charge is 2.20. The lowest BCUT2D eigenvalue weighted by Gasteiger charge is -2.11. The highest BCUT2D eigenvalue weighted by molar-refractivity contribution is 5.88. The molecular weight excluding hydrogens is 190 g/mol. The predicted molar refractivity (Wildman–Crippen MR) is 58.5 cm³/mol. The number of hydrogen-bond acceptors (Lipinski definition) is 3. The van der Waals surface area contributed by atoms with E-state index in [-0.39, 0.29) is 11.9 Å². The molecule has 1 saturated heterocycles. The van der Waals surface area contributed by atoms with E-state index in [0.29, 0.717) is 12.1 Å². The van der Waals surface area contributed by atoms with Crippen molar-refractivity contribution in [1.82, 2.24) is 0 Å². The first-order chi connectivity index (χ1) is 7.27. The van der Waals surface area contributed by atoms with Crippen molar-refractivity contribution in [3.63, 3.8) is 0 Å². The molecule has 0 unspecified atom stereocenters. The summed E-state index contributed by atoms with van der Waals surface area (Å²) in [5, 5.41) is 17.4. The Morgan fingerprint density at radius 1 is 1.47 bits per heavy atom. The summed E-state index contributed by atoms with van der Waals surface area (Å²) >= 11 is 0. The highest BCUT2D eigenvalue weighted by Crippen LogP contribution is 2.20. The fourth-order valence-electron chi connectivity index (χ4n) is 1.83. The van der Waals surface area contributed by atoms with Crippen LogP contribution in [0.25, 0.3) is 0 Å². The Kier molecular flexibility index (Phi) is 3.02. The molecule has 1 atom stereocenters. The molecule has 1 heterocycles. The van der Waals surface area contributed by atoms with Gasteiger partial charge in [0.05, 0.1) is 6.10 Å². The van der Waals surface area contributed by atoms with E-state index in [9.17, 15) is 5.11 Å². The van der Waals surface area contributed by atoms with Gasteiger partial charge in [-0.15, -0.1) is 0 Å². The van der Waals surface area contributed by atoms with Crippen molar-refractivity contribution in [2.24, 2.45) is 0 Å². The second-order valence-electron chi connectivity index (χ2n) is 3.83. The van der Waals surface area contributed by atoms with Gasteiger partial charge in [-0.3, -0.25) is 0 Å². The van der Waals surface area contributed by atoms with E-state index in [1.807, 2.05) is 12.1 Å². The molecule has 1 fully saturated rings. The molecule has 0 saturated carbocycles. The van der Waals surface area contributed by atoms with Gasteiger partial charge in [-0.1, -0.05) is 18.2 Å². The van der Waals surface area contributed by atoms with Crippen LogP contribution >= 0.6 is 0 Å². The van der Waals surface area contributed by atoms with E-state index in [0.717, 1.165) is 25.0 Å². The fraction of sp³-hybridized carbons (Fsp3) is 0.417. The van der Waals surface area contributed by atoms with Crippen molar-refractivity contribution in [2.75, 3.05) is 6.61 Å². The second kappa shape index (κ2) is 4.45. The number of hydrogen-bond donors (Lipinski definition) is 2. The molecule has 0 bridgehead atoms. The molecule has 0 amide bonds. The molecular formula is C12H15NO2. The van der Waals surface area contributed by atoms with Crippen LogP contribution in [-0.2, 0) is 11.2 Å². The van der Waals surface area contributed by atoms with E-state index in [2.05, 4.69) is 0 Å². The molecule has 0 aromatic heterocycles. The minimum atomic E-state index is -0.0374. The van der Waals surface area contributed by atoms with Crippen LogP contribution in [0.15, 0.2) is 24.3 Å². The number of ether oxygens (including phenoxy) is 1. The van der Waals surface area contributed by atoms with Crippen molar-refractivity contribution < 1.29 is 9.84 Å². The van der Waals surface area contributed by atoms with Gasteiger partial charge in [0, 0.05) is 18.7 Å². The van der Waals surface area contributed by atoms with Crippen LogP contribution in [0.4, 0.5) is 0 Å². The van der Waals surface area contributed by atoms with Gasteiger partial charge < -0.3 is 15.3 Å². The van der Waals surface area contributed by atoms with Crippen LogP contribution in [0.2, 0.25) is 0 Å². The second-order valence-corrected chi connectivity index (χ2v) is 3.83. The summed E-state index contributed by atoms with van der Waals surface area (Å²) in [7, 11) is 0. The molecule has 3 heteroatoms. The Balaban J connectivity index is 2.02. The van der Waals surface area contributed by atoms with Gasteiger partial charge in [0.25, 0.3) is 0 Å². The maximum atomic E-state index is 9.56. The summed E-state index contributed by atoms with van der Waals surface area (Å²) in [6.07, 6.45) is 2.42. The zero-order chi connectivity index (χ0) is 10.7. The van der Waals surface area contributed by atoms with E-state index < -0.39 is 0 Å². The van der Waals surface area contributed by atoms with Crippen LogP contribution in [0.1, 0.15) is 18.4 Å². The minimum absolute atomic E-state index is 0.0374. The van der Waals surface area contributed by atoms with E-state index in [1.165, 1.54) is 0 Å². The number of benzene rings is 1. The quantitative estimate of drug-likeness (QED) is 0.743. The third-order valence-electron chi connectivity index (χ3n) is 2.69. The van der Waals surface area contributed by atoms with Gasteiger partial charge in [0.2, 0.25) is 0 Å². The van der Waals surface area contributed by atoms with Crippen molar-refractivity contribution in [3.8, 4) is 5.75 Å². The number of phenolic OH excluding ortho intramolecular Hbond substituents is 1. The van der Waals surface area contributed by atoms with Gasteiger partial charge in [0.15, 0.2) is 0 Å². The first-order valence-corrected chi connectivity index (χ1v) is 5.23. The monoisotopic (exact) mass is 205 g/mol. The Morgan fingerprint density at radius 2 is 2.27 bits per heavy atom. The van der Waals surface area contributed by atoms with Crippen LogP contribution < -0.4 is 0 Å². The van der Waals surface area contributed by atoms with Crippen LogP contribution in [-0.4, -0.2) is 23.5 Å². The lowest BCUT2D eigenvalue weighted by molar-refractivity contribution is 0.157. The SMILES string of the molecule is N=C(Cc1ccccc1O)[C@@H]1CCCO1. The van der Waals surface area contributed by atoms with Crippen molar-refractivity contribution >= 4 is 5.71 Å². The smallest absolute Gasteiger partial charge is 0.119 e. The zero-order valence-electron chi connectivity index (χ0n) is 8.57. The van der Waals surface area contributed by atoms with Gasteiger partial charge in [-0.05, 0) is 24.5 Å². The molecule has 1 aromatic carbocycles. The Morgan fingerprint density at radius 3 is 2.93 bits per heavy atom. The van der Waals surface area contributed by atoms with E-state index >= 15 is 0 Å². The van der Waals surface area contributed by atoms with Gasteiger partial charge in [-0.2, -0.15) is 0 Å². The maximum Gasteiger partial charge on any atom is 0.119 e. The Labute approximate surface area is 89.2 Å². The summed E-state index contributed by atoms with van der Waals surface area (Å²) in [5.41, 5.74) is 1.37. The number of aromatic hydroxyl groups is 1. The maximum absolute atomic E-state index is 9.56. The lowest BCUT2D eigenvalue weighted by atomic mass is 10.0. The first-order valence-electron chi connectivity index (χ1n) is 5.23. The molecule has 1 aromatic rings. The number of para-hydroxylation sites is 1. The molecule has 0 aliphatic carbocycles. The Hall–Kier alpha value is -1.35. The minimum Gasteiger partial charge on any atom is -0.508 e. The van der Waals surface area contributed by atoms with Crippen LogP contribution in [0.3, 0.4) is 0 Å². The van der Waals surface area contributed by atoms with E-state index in [4.69, 9.17) is 10.1 Å². The molecule has 2 N–H and O–H groups in total. The highest BCUT2D eigenvalue weighted by atomic mass is 16.5. The molecule has 3 nitrogen and oxygen atoms in total. The predicted octanol–water partition coefficient (Wildman–Crippen LogP) is 2.13. The van der Waals surface area contributed by atoms with Gasteiger partial charge >= 0.3 is 0 Å². The third-order valence-corrected chi connectivity index (χ3v) is 2.69. The van der Waals surface area contributed by atoms with E-state index in [1.54, 1.807) is 12.1 Å². The average Bonchev–Trinajstić information content (AvgIpc) is 2.74. The summed E-state index contributed by atoms with van der Waals surface area (Å²) in [6.45, 7) is 0.758. The molecule has 15 heavy (non-hydrogen) atoms. The van der Waals surface area contributed by atoms with Gasteiger partial charge in [0.1, 0.15) is 5.75 Å². The van der Waals surface area contributed by atoms with Gasteiger partial charge in [-0.25, -0.2) is 0 Å². The molecule has 2 rings (SSSR count). The van der Waals surface area contributed by atoms with Crippen LogP contribution in [0.5, 0.6) is 5.75 Å². The average molecular weight is 205 g/mol. The lowest BCUT2D eigenvalue weighted by Crippen LogP contribution is -2.20. The molecule has 80 valence electrons. The normalized spacial score (nSPS) is 20.4. The zero-order valence-corrected chi connectivity index (χ0v) is 8.57.